The molecule has 1 fully saturated rings. The maximum Gasteiger partial charge on any atom is 0.274 e. The Labute approximate surface area is 130 Å². The third-order valence-electron chi connectivity index (χ3n) is 3.47. The van der Waals surface area contributed by atoms with Gasteiger partial charge in [-0.2, -0.15) is 0 Å². The lowest BCUT2D eigenvalue weighted by molar-refractivity contribution is -0.0388. The van der Waals surface area contributed by atoms with Crippen LogP contribution in [-0.2, 0) is 4.74 Å². The average molecular weight is 312 g/mol. The summed E-state index contributed by atoms with van der Waals surface area (Å²) in [5.74, 6) is 0.543. The maximum absolute atomic E-state index is 12.7. The summed E-state index contributed by atoms with van der Waals surface area (Å²) < 4.78 is 5.55. The number of aromatic nitrogens is 1. The van der Waals surface area contributed by atoms with Gasteiger partial charge in [0.2, 0.25) is 0 Å². The molecule has 0 bridgehead atoms. The number of nitrogens with one attached hydrogen (secondary N) is 1. The minimum atomic E-state index is -0.136. The van der Waals surface area contributed by atoms with Crippen LogP contribution in [0.5, 0.6) is 0 Å². The molecule has 0 saturated carbocycles. The van der Waals surface area contributed by atoms with Crippen LogP contribution < -0.4 is 5.32 Å². The second-order valence-corrected chi connectivity index (χ2v) is 5.81. The zero-order chi connectivity index (χ0) is 15.4. The number of rotatable bonds is 4. The number of hydrogen-bond acceptors (Lipinski definition) is 4. The molecule has 5 nitrogen and oxygen atoms in total. The summed E-state index contributed by atoms with van der Waals surface area (Å²) in [5.41, 5.74) is 0.304. The Hall–Kier alpha value is -1.33. The summed E-state index contributed by atoms with van der Waals surface area (Å²) in [6.07, 6.45) is 1.02. The third kappa shape index (κ3) is 3.86. The average Bonchev–Trinajstić information content (AvgIpc) is 2.48. The second kappa shape index (κ2) is 7.09. The highest BCUT2D eigenvalue weighted by Gasteiger charge is 2.30. The van der Waals surface area contributed by atoms with Crippen molar-refractivity contribution < 1.29 is 9.53 Å². The Morgan fingerprint density at radius 2 is 2.29 bits per heavy atom. The van der Waals surface area contributed by atoms with E-state index in [1.165, 1.54) is 0 Å². The Morgan fingerprint density at radius 1 is 1.52 bits per heavy atom. The van der Waals surface area contributed by atoms with Crippen molar-refractivity contribution in [3.63, 3.8) is 0 Å². The minimum absolute atomic E-state index is 0.0267. The standard InChI is InChI=1S/C15H22ClN3O2/c1-4-7-17-13-6-5-12(16)14(18-13)15(20)19-8-11(3)21-9-10(19)2/h5-6,10-11H,4,7-9H2,1-3H3,(H,17,18). The maximum atomic E-state index is 12.7. The number of hydrogen-bond donors (Lipinski definition) is 1. The molecule has 1 N–H and O–H groups in total. The predicted octanol–water partition coefficient (Wildman–Crippen LogP) is 2.81. The van der Waals surface area contributed by atoms with Crippen molar-refractivity contribution in [1.82, 2.24) is 9.88 Å². The Kier molecular flexibility index (Phi) is 5.42. The number of carbonyl (C=O) groups excluding carboxylic acids is 1. The van der Waals surface area contributed by atoms with Crippen LogP contribution in [0.1, 0.15) is 37.7 Å². The van der Waals surface area contributed by atoms with Gasteiger partial charge >= 0.3 is 0 Å². The fourth-order valence-electron chi connectivity index (χ4n) is 2.27. The van der Waals surface area contributed by atoms with Gasteiger partial charge in [0, 0.05) is 13.1 Å². The fourth-order valence-corrected chi connectivity index (χ4v) is 2.45. The number of amides is 1. The lowest BCUT2D eigenvalue weighted by Crippen LogP contribution is -2.50. The molecule has 2 rings (SSSR count). The van der Waals surface area contributed by atoms with Crippen molar-refractivity contribution in [3.8, 4) is 0 Å². The van der Waals surface area contributed by atoms with Gasteiger partial charge in [-0.15, -0.1) is 0 Å². The van der Waals surface area contributed by atoms with Gasteiger partial charge < -0.3 is 15.0 Å². The van der Waals surface area contributed by atoms with Gasteiger partial charge in [-0.05, 0) is 32.4 Å². The third-order valence-corrected chi connectivity index (χ3v) is 3.78. The Balaban J connectivity index is 2.21. The van der Waals surface area contributed by atoms with E-state index in [1.54, 1.807) is 17.0 Å². The number of pyridine rings is 1. The molecule has 0 aliphatic carbocycles. The lowest BCUT2D eigenvalue weighted by Gasteiger charge is -2.36. The van der Waals surface area contributed by atoms with Crippen LogP contribution in [0.25, 0.3) is 0 Å². The number of nitrogens with zero attached hydrogens (tertiary/aromatic N) is 2. The van der Waals surface area contributed by atoms with E-state index in [1.807, 2.05) is 13.8 Å². The van der Waals surface area contributed by atoms with E-state index < -0.39 is 0 Å². The molecule has 116 valence electrons. The summed E-state index contributed by atoms with van der Waals surface area (Å²) in [5, 5.41) is 3.56. The highest BCUT2D eigenvalue weighted by molar-refractivity contribution is 6.33. The first kappa shape index (κ1) is 16.0. The molecule has 1 saturated heterocycles. The number of ether oxygens (including phenoxy) is 1. The quantitative estimate of drug-likeness (QED) is 0.929. The Morgan fingerprint density at radius 3 is 3.00 bits per heavy atom. The molecule has 1 aliphatic heterocycles. The molecular formula is C15H22ClN3O2. The van der Waals surface area contributed by atoms with Gasteiger partial charge in [0.15, 0.2) is 0 Å². The zero-order valence-corrected chi connectivity index (χ0v) is 13.5. The van der Waals surface area contributed by atoms with Gasteiger partial charge in [-0.3, -0.25) is 4.79 Å². The molecule has 2 unspecified atom stereocenters. The highest BCUT2D eigenvalue weighted by atomic mass is 35.5. The largest absolute Gasteiger partial charge is 0.375 e. The molecule has 0 radical (unpaired) electrons. The number of morpholine rings is 1. The molecule has 2 atom stereocenters. The second-order valence-electron chi connectivity index (χ2n) is 5.40. The Bertz CT molecular complexity index is 510. The van der Waals surface area contributed by atoms with Crippen molar-refractivity contribution in [2.24, 2.45) is 0 Å². The first-order chi connectivity index (χ1) is 10.0. The first-order valence-corrected chi connectivity index (χ1v) is 7.73. The van der Waals surface area contributed by atoms with Gasteiger partial charge in [-0.25, -0.2) is 4.98 Å². The van der Waals surface area contributed by atoms with Gasteiger partial charge in [0.1, 0.15) is 11.5 Å². The van der Waals surface area contributed by atoms with Crippen molar-refractivity contribution in [1.29, 1.82) is 0 Å². The number of anilines is 1. The van der Waals surface area contributed by atoms with Gasteiger partial charge in [0.25, 0.3) is 5.91 Å². The van der Waals surface area contributed by atoms with Crippen molar-refractivity contribution in [2.75, 3.05) is 25.0 Å². The molecule has 1 aliphatic rings. The van der Waals surface area contributed by atoms with Crippen LogP contribution in [-0.4, -0.2) is 47.6 Å². The van der Waals surface area contributed by atoms with E-state index in [2.05, 4.69) is 17.2 Å². The van der Waals surface area contributed by atoms with Gasteiger partial charge in [0.05, 0.1) is 23.8 Å². The van der Waals surface area contributed by atoms with Crippen LogP contribution in [0.4, 0.5) is 5.82 Å². The predicted molar refractivity (Wildman–Crippen MR) is 83.9 cm³/mol. The molecule has 2 heterocycles. The zero-order valence-electron chi connectivity index (χ0n) is 12.7. The lowest BCUT2D eigenvalue weighted by atomic mass is 10.2. The molecular weight excluding hydrogens is 290 g/mol. The van der Waals surface area contributed by atoms with Crippen LogP contribution in [0, 0.1) is 0 Å². The summed E-state index contributed by atoms with van der Waals surface area (Å²) in [6, 6.07) is 3.54. The van der Waals surface area contributed by atoms with Crippen LogP contribution >= 0.6 is 11.6 Å². The van der Waals surface area contributed by atoms with E-state index in [9.17, 15) is 4.79 Å². The van der Waals surface area contributed by atoms with Crippen LogP contribution in [0.3, 0.4) is 0 Å². The monoisotopic (exact) mass is 311 g/mol. The molecule has 1 aromatic rings. The molecule has 0 aromatic carbocycles. The van der Waals surface area contributed by atoms with Crippen LogP contribution in [0.15, 0.2) is 12.1 Å². The van der Waals surface area contributed by atoms with E-state index in [-0.39, 0.29) is 18.1 Å². The number of carbonyl (C=O) groups is 1. The molecule has 6 heteroatoms. The molecule has 1 aromatic heterocycles. The normalized spacial score (nSPS) is 22.2. The van der Waals surface area contributed by atoms with E-state index >= 15 is 0 Å². The smallest absolute Gasteiger partial charge is 0.274 e. The van der Waals surface area contributed by atoms with Crippen molar-refractivity contribution >= 4 is 23.3 Å². The molecule has 0 spiro atoms. The fraction of sp³-hybridized carbons (Fsp3) is 0.600. The summed E-state index contributed by atoms with van der Waals surface area (Å²) in [4.78, 5) is 18.9. The van der Waals surface area contributed by atoms with Crippen molar-refractivity contribution in [3.05, 3.63) is 22.8 Å². The topological polar surface area (TPSA) is 54.5 Å². The van der Waals surface area contributed by atoms with Crippen LogP contribution in [0.2, 0.25) is 5.02 Å². The highest BCUT2D eigenvalue weighted by Crippen LogP contribution is 2.21. The summed E-state index contributed by atoms with van der Waals surface area (Å²) in [7, 11) is 0. The minimum Gasteiger partial charge on any atom is -0.375 e. The van der Waals surface area contributed by atoms with Gasteiger partial charge in [-0.1, -0.05) is 18.5 Å². The summed E-state index contributed by atoms with van der Waals surface area (Å²) >= 11 is 6.16. The van der Waals surface area contributed by atoms with E-state index in [0.29, 0.717) is 29.7 Å². The van der Waals surface area contributed by atoms with Crippen molar-refractivity contribution in [2.45, 2.75) is 39.3 Å². The van der Waals surface area contributed by atoms with E-state index in [4.69, 9.17) is 16.3 Å². The number of halogens is 1. The molecule has 1 amide bonds. The molecule has 21 heavy (non-hydrogen) atoms. The SMILES string of the molecule is CCCNc1ccc(Cl)c(C(=O)N2CC(C)OCC2C)n1. The first-order valence-electron chi connectivity index (χ1n) is 7.36. The van der Waals surface area contributed by atoms with E-state index in [0.717, 1.165) is 13.0 Å². The summed E-state index contributed by atoms with van der Waals surface area (Å²) in [6.45, 7) is 7.92.